The van der Waals surface area contributed by atoms with Crippen molar-refractivity contribution in [2.45, 2.75) is 0 Å². The summed E-state index contributed by atoms with van der Waals surface area (Å²) in [5, 5.41) is 15.6. The van der Waals surface area contributed by atoms with E-state index in [4.69, 9.17) is 10.2 Å². The van der Waals surface area contributed by atoms with Crippen molar-refractivity contribution in [1.29, 1.82) is 0 Å². The summed E-state index contributed by atoms with van der Waals surface area (Å²) in [7, 11) is 0. The number of carboxylic acids is 2. The molecule has 4 nitrogen and oxygen atoms in total. The van der Waals surface area contributed by atoms with Gasteiger partial charge < -0.3 is 15.9 Å². The SMILES string of the molecule is O=C(O)/C=C/C(=O)O.[Ca+2].[Ca+2].[H-].[H-].[H-].[H-]. The maximum Gasteiger partial charge on any atom is 2.00 e. The first-order valence-electron chi connectivity index (χ1n) is 1.77. The normalized spacial score (nSPS) is 7.60. The van der Waals surface area contributed by atoms with Gasteiger partial charge in [-0.25, -0.2) is 9.59 Å². The molecule has 0 aromatic rings. The number of carboxylic acid groups (broad SMARTS) is 2. The van der Waals surface area contributed by atoms with E-state index in [0.29, 0.717) is 12.2 Å². The largest absolute Gasteiger partial charge is 2.00 e. The third kappa shape index (κ3) is 16.1. The number of hydrogen-bond acceptors (Lipinski definition) is 2. The minimum Gasteiger partial charge on any atom is -1.00 e. The van der Waals surface area contributed by atoms with Crippen LogP contribution < -0.4 is 0 Å². The second kappa shape index (κ2) is 10.2. The van der Waals surface area contributed by atoms with Crippen LogP contribution in [0, 0.1) is 0 Å². The second-order valence-corrected chi connectivity index (χ2v) is 1.01. The Hall–Kier alpha value is 1.20. The Kier molecular flexibility index (Phi) is 17.7. The molecule has 0 spiro atoms. The zero-order valence-electron chi connectivity index (χ0n) is 9.28. The van der Waals surface area contributed by atoms with Gasteiger partial charge in [-0.2, -0.15) is 0 Å². The maximum absolute atomic E-state index is 9.55. The van der Waals surface area contributed by atoms with E-state index in [1.165, 1.54) is 0 Å². The van der Waals surface area contributed by atoms with Crippen LogP contribution >= 0.6 is 0 Å². The van der Waals surface area contributed by atoms with Gasteiger partial charge in [0, 0.05) is 12.2 Å². The van der Waals surface area contributed by atoms with E-state index in [1.54, 1.807) is 0 Å². The van der Waals surface area contributed by atoms with Crippen LogP contribution in [0.2, 0.25) is 0 Å². The Morgan fingerprint density at radius 3 is 1.30 bits per heavy atom. The Bertz CT molecular complexity index is 138. The fraction of sp³-hybridized carbons (Fsp3) is 0. The van der Waals surface area contributed by atoms with Gasteiger partial charge in [-0.1, -0.05) is 0 Å². The zero-order chi connectivity index (χ0) is 6.57. The Labute approximate surface area is 123 Å². The molecule has 0 atom stereocenters. The monoisotopic (exact) mass is 200 g/mol. The molecule has 2 N–H and O–H groups in total. The van der Waals surface area contributed by atoms with Crippen LogP contribution in [0.5, 0.6) is 0 Å². The van der Waals surface area contributed by atoms with Gasteiger partial charge in [0.1, 0.15) is 0 Å². The van der Waals surface area contributed by atoms with Gasteiger partial charge in [0.25, 0.3) is 0 Å². The molecule has 0 saturated heterocycles. The molecule has 0 bridgehead atoms. The Morgan fingerprint density at radius 2 is 1.20 bits per heavy atom. The molecule has 6 heteroatoms. The summed E-state index contributed by atoms with van der Waals surface area (Å²) in [5.41, 5.74) is 0. The molecular formula is C4H8Ca2O4. The van der Waals surface area contributed by atoms with Gasteiger partial charge in [0.05, 0.1) is 0 Å². The molecule has 0 radical (unpaired) electrons. The predicted molar refractivity (Wildman–Crippen MR) is 40.4 cm³/mol. The van der Waals surface area contributed by atoms with Crippen molar-refractivity contribution in [1.82, 2.24) is 0 Å². The van der Waals surface area contributed by atoms with Gasteiger partial charge in [-0.3, -0.25) is 0 Å². The molecule has 0 aromatic carbocycles. The molecule has 10 heavy (non-hydrogen) atoms. The van der Waals surface area contributed by atoms with Crippen LogP contribution in [0.25, 0.3) is 0 Å². The summed E-state index contributed by atoms with van der Waals surface area (Å²) in [4.78, 5) is 19.1. The van der Waals surface area contributed by atoms with Crippen LogP contribution in [-0.2, 0) is 9.59 Å². The van der Waals surface area contributed by atoms with E-state index in [9.17, 15) is 9.59 Å². The maximum atomic E-state index is 9.55. The van der Waals surface area contributed by atoms with E-state index >= 15 is 0 Å². The number of carbonyl (C=O) groups is 2. The third-order valence-electron chi connectivity index (χ3n) is 0.368. The van der Waals surface area contributed by atoms with Gasteiger partial charge in [-0.05, 0) is 0 Å². The minimum atomic E-state index is -1.26. The topological polar surface area (TPSA) is 74.6 Å². The predicted octanol–water partition coefficient (Wildman–Crippen LogP) is -0.600. The van der Waals surface area contributed by atoms with Crippen molar-refractivity contribution in [2.75, 3.05) is 0 Å². The second-order valence-electron chi connectivity index (χ2n) is 1.01. The summed E-state index contributed by atoms with van der Waals surface area (Å²) in [5.74, 6) is -2.51. The smallest absolute Gasteiger partial charge is 1.00 e. The van der Waals surface area contributed by atoms with Gasteiger partial charge in [0.2, 0.25) is 0 Å². The summed E-state index contributed by atoms with van der Waals surface area (Å²) in [6.45, 7) is 0. The van der Waals surface area contributed by atoms with Gasteiger partial charge in [0.15, 0.2) is 0 Å². The van der Waals surface area contributed by atoms with Crippen molar-refractivity contribution in [3.8, 4) is 0 Å². The quantitative estimate of drug-likeness (QED) is 0.461. The van der Waals surface area contributed by atoms with Crippen LogP contribution in [-0.4, -0.2) is 97.6 Å². The third-order valence-corrected chi connectivity index (χ3v) is 0.368. The van der Waals surface area contributed by atoms with Crippen LogP contribution in [0.3, 0.4) is 0 Å². The summed E-state index contributed by atoms with van der Waals surface area (Å²) in [6, 6.07) is 0. The molecule has 0 amide bonds. The Morgan fingerprint density at radius 1 is 1.00 bits per heavy atom. The average Bonchev–Trinajstić information content (AvgIpc) is 1.61. The van der Waals surface area contributed by atoms with E-state index in [-0.39, 0.29) is 81.2 Å². The van der Waals surface area contributed by atoms with Crippen LogP contribution in [0.15, 0.2) is 12.2 Å². The first-order chi connectivity index (χ1) is 3.63. The Balaban J connectivity index is -0.0000000163. The molecule has 0 fully saturated rings. The van der Waals surface area contributed by atoms with Crippen molar-refractivity contribution in [2.24, 2.45) is 0 Å². The van der Waals surface area contributed by atoms with E-state index < -0.39 is 11.9 Å². The standard InChI is InChI=1S/C4H4O4.2Ca.4H/c5-3(6)1-2-4(7)8;;;;;;/h1-2H,(H,5,6)(H,7,8);;;;;;/q;2*+2;4*-1/b2-1+;;;;;;. The van der Waals surface area contributed by atoms with Crippen molar-refractivity contribution in [3.05, 3.63) is 12.2 Å². The summed E-state index contributed by atoms with van der Waals surface area (Å²) >= 11 is 0. The van der Waals surface area contributed by atoms with Gasteiger partial charge >= 0.3 is 87.4 Å². The number of rotatable bonds is 2. The molecule has 0 heterocycles. The molecule has 0 aromatic heterocycles. The molecule has 0 aliphatic rings. The molecule has 52 valence electrons. The molecule has 0 unspecified atom stereocenters. The van der Waals surface area contributed by atoms with E-state index in [0.717, 1.165) is 0 Å². The number of aliphatic carboxylic acids is 2. The molecule has 0 rings (SSSR count). The molecule has 0 saturated carbocycles. The molecule has 0 aliphatic carbocycles. The molecular weight excluding hydrogens is 192 g/mol. The van der Waals surface area contributed by atoms with Crippen LogP contribution in [0.4, 0.5) is 0 Å². The summed E-state index contributed by atoms with van der Waals surface area (Å²) in [6.07, 6.45) is 1.12. The van der Waals surface area contributed by atoms with Gasteiger partial charge in [-0.15, -0.1) is 0 Å². The van der Waals surface area contributed by atoms with Crippen molar-refractivity contribution in [3.63, 3.8) is 0 Å². The number of hydrogen-bond donors (Lipinski definition) is 2. The average molecular weight is 200 g/mol. The van der Waals surface area contributed by atoms with Crippen LogP contribution in [0.1, 0.15) is 5.71 Å². The zero-order valence-corrected chi connectivity index (χ0v) is 9.70. The van der Waals surface area contributed by atoms with E-state index in [1.807, 2.05) is 0 Å². The first kappa shape index (κ1) is 17.3. The fourth-order valence-corrected chi connectivity index (χ4v) is 0.143. The van der Waals surface area contributed by atoms with E-state index in [2.05, 4.69) is 0 Å². The fourth-order valence-electron chi connectivity index (χ4n) is 0.143. The van der Waals surface area contributed by atoms with Crippen molar-refractivity contribution < 1.29 is 25.5 Å². The van der Waals surface area contributed by atoms with Crippen molar-refractivity contribution >= 4 is 87.4 Å². The molecule has 0 aliphatic heterocycles. The minimum absolute atomic E-state index is 0. The first-order valence-corrected chi connectivity index (χ1v) is 1.77. The summed E-state index contributed by atoms with van der Waals surface area (Å²) < 4.78 is 0.